The number of likely N-dealkylation sites (tertiary alicyclic amines) is 1. The summed E-state index contributed by atoms with van der Waals surface area (Å²) in [7, 11) is 0. The van der Waals surface area contributed by atoms with E-state index >= 15 is 0 Å². The Hall–Kier alpha value is -0.730. The fourth-order valence-corrected chi connectivity index (χ4v) is 2.35. The molecule has 1 aliphatic rings. The SMILES string of the molecule is CC(C)CN(C(=O)N1CCCCCC1)C(C)C. The first-order chi connectivity index (χ1) is 8.02. The van der Waals surface area contributed by atoms with Crippen molar-refractivity contribution in [2.24, 2.45) is 5.92 Å². The minimum Gasteiger partial charge on any atom is -0.325 e. The fourth-order valence-electron chi connectivity index (χ4n) is 2.35. The molecule has 100 valence electrons. The maximum Gasteiger partial charge on any atom is 0.320 e. The molecule has 0 spiro atoms. The van der Waals surface area contributed by atoms with Crippen molar-refractivity contribution in [2.75, 3.05) is 19.6 Å². The van der Waals surface area contributed by atoms with E-state index in [4.69, 9.17) is 0 Å². The summed E-state index contributed by atoms with van der Waals surface area (Å²) in [4.78, 5) is 16.6. The van der Waals surface area contributed by atoms with Crippen LogP contribution >= 0.6 is 0 Å². The van der Waals surface area contributed by atoms with Crippen LogP contribution in [0.15, 0.2) is 0 Å². The number of amides is 2. The van der Waals surface area contributed by atoms with E-state index in [-0.39, 0.29) is 6.03 Å². The zero-order chi connectivity index (χ0) is 12.8. The second-order valence-corrected chi connectivity index (χ2v) is 5.82. The molecule has 1 rings (SSSR count). The van der Waals surface area contributed by atoms with Crippen molar-refractivity contribution in [3.05, 3.63) is 0 Å². The van der Waals surface area contributed by atoms with Gasteiger partial charge in [0, 0.05) is 25.7 Å². The van der Waals surface area contributed by atoms with Gasteiger partial charge in [-0.25, -0.2) is 4.79 Å². The average Bonchev–Trinajstić information content (AvgIpc) is 2.52. The molecule has 1 saturated heterocycles. The molecule has 0 aromatic rings. The highest BCUT2D eigenvalue weighted by molar-refractivity contribution is 5.74. The Morgan fingerprint density at radius 2 is 1.59 bits per heavy atom. The highest BCUT2D eigenvalue weighted by atomic mass is 16.2. The number of hydrogen-bond donors (Lipinski definition) is 0. The number of nitrogens with zero attached hydrogens (tertiary/aromatic N) is 2. The van der Waals surface area contributed by atoms with Crippen LogP contribution in [0, 0.1) is 5.92 Å². The quantitative estimate of drug-likeness (QED) is 0.742. The number of rotatable bonds is 3. The number of carbonyl (C=O) groups is 1. The van der Waals surface area contributed by atoms with Crippen LogP contribution in [0.1, 0.15) is 53.4 Å². The van der Waals surface area contributed by atoms with Crippen molar-refractivity contribution in [1.29, 1.82) is 0 Å². The van der Waals surface area contributed by atoms with Gasteiger partial charge >= 0.3 is 6.03 Å². The van der Waals surface area contributed by atoms with E-state index in [0.717, 1.165) is 19.6 Å². The molecule has 0 aromatic carbocycles. The van der Waals surface area contributed by atoms with Crippen LogP contribution in [0.25, 0.3) is 0 Å². The van der Waals surface area contributed by atoms with Gasteiger partial charge in [0.15, 0.2) is 0 Å². The van der Waals surface area contributed by atoms with Gasteiger partial charge in [0.2, 0.25) is 0 Å². The van der Waals surface area contributed by atoms with Gasteiger partial charge in [0.05, 0.1) is 0 Å². The lowest BCUT2D eigenvalue weighted by atomic mass is 10.2. The molecule has 0 atom stereocenters. The zero-order valence-electron chi connectivity index (χ0n) is 11.9. The maximum absolute atomic E-state index is 12.5. The third kappa shape index (κ3) is 4.57. The monoisotopic (exact) mass is 240 g/mol. The molecule has 1 fully saturated rings. The van der Waals surface area contributed by atoms with Gasteiger partial charge in [-0.1, -0.05) is 26.7 Å². The molecule has 0 saturated carbocycles. The molecule has 17 heavy (non-hydrogen) atoms. The van der Waals surface area contributed by atoms with Crippen LogP contribution < -0.4 is 0 Å². The van der Waals surface area contributed by atoms with Crippen LogP contribution in [0.3, 0.4) is 0 Å². The molecule has 2 amide bonds. The summed E-state index contributed by atoms with van der Waals surface area (Å²) >= 11 is 0. The lowest BCUT2D eigenvalue weighted by Crippen LogP contribution is -2.48. The molecular weight excluding hydrogens is 212 g/mol. The van der Waals surface area contributed by atoms with Crippen LogP contribution in [-0.2, 0) is 0 Å². The van der Waals surface area contributed by atoms with Gasteiger partial charge in [0.25, 0.3) is 0 Å². The number of hydrogen-bond acceptors (Lipinski definition) is 1. The Morgan fingerprint density at radius 1 is 1.06 bits per heavy atom. The van der Waals surface area contributed by atoms with Gasteiger partial charge < -0.3 is 9.80 Å². The van der Waals surface area contributed by atoms with E-state index in [1.807, 2.05) is 4.90 Å². The highest BCUT2D eigenvalue weighted by Gasteiger charge is 2.24. The Morgan fingerprint density at radius 3 is 2.00 bits per heavy atom. The normalized spacial score (nSPS) is 17.4. The van der Waals surface area contributed by atoms with Crippen LogP contribution in [0.2, 0.25) is 0 Å². The Kier molecular flexibility index (Phi) is 5.79. The Labute approximate surface area is 106 Å². The number of carbonyl (C=O) groups excluding carboxylic acids is 1. The standard InChI is InChI=1S/C14H28N2O/c1-12(2)11-16(13(3)4)14(17)15-9-7-5-6-8-10-15/h12-13H,5-11H2,1-4H3. The van der Waals surface area contributed by atoms with Crippen LogP contribution in [0.5, 0.6) is 0 Å². The molecule has 3 nitrogen and oxygen atoms in total. The fraction of sp³-hybridized carbons (Fsp3) is 0.929. The molecule has 1 heterocycles. The maximum atomic E-state index is 12.5. The smallest absolute Gasteiger partial charge is 0.320 e. The molecule has 0 aromatic heterocycles. The summed E-state index contributed by atoms with van der Waals surface area (Å²) in [5.74, 6) is 0.535. The van der Waals surface area contributed by atoms with Crippen molar-refractivity contribution in [2.45, 2.75) is 59.4 Å². The predicted molar refractivity (Wildman–Crippen MR) is 72.1 cm³/mol. The minimum atomic E-state index is 0.246. The van der Waals surface area contributed by atoms with Gasteiger partial charge in [-0.05, 0) is 32.6 Å². The van der Waals surface area contributed by atoms with Gasteiger partial charge in [-0.15, -0.1) is 0 Å². The molecule has 0 radical (unpaired) electrons. The largest absolute Gasteiger partial charge is 0.325 e. The van der Waals surface area contributed by atoms with Crippen molar-refractivity contribution in [3.63, 3.8) is 0 Å². The Bertz CT molecular complexity index is 230. The van der Waals surface area contributed by atoms with E-state index < -0.39 is 0 Å². The number of urea groups is 1. The zero-order valence-corrected chi connectivity index (χ0v) is 11.9. The molecule has 0 N–H and O–H groups in total. The van der Waals surface area contributed by atoms with E-state index in [0.29, 0.717) is 12.0 Å². The highest BCUT2D eigenvalue weighted by Crippen LogP contribution is 2.14. The summed E-state index contributed by atoms with van der Waals surface area (Å²) in [5, 5.41) is 0. The second-order valence-electron chi connectivity index (χ2n) is 5.82. The first kappa shape index (κ1) is 14.3. The first-order valence-electron chi connectivity index (χ1n) is 7.08. The topological polar surface area (TPSA) is 23.6 Å². The van der Waals surface area contributed by atoms with Gasteiger partial charge in [-0.2, -0.15) is 0 Å². The third-order valence-corrected chi connectivity index (χ3v) is 3.31. The van der Waals surface area contributed by atoms with Crippen molar-refractivity contribution in [1.82, 2.24) is 9.80 Å². The summed E-state index contributed by atoms with van der Waals surface area (Å²) in [6.45, 7) is 11.3. The molecule has 3 heteroatoms. The van der Waals surface area contributed by atoms with Crippen LogP contribution in [-0.4, -0.2) is 41.5 Å². The lowest BCUT2D eigenvalue weighted by Gasteiger charge is -2.34. The second kappa shape index (κ2) is 6.87. The van der Waals surface area contributed by atoms with Crippen molar-refractivity contribution in [3.8, 4) is 0 Å². The molecular formula is C14H28N2O. The first-order valence-corrected chi connectivity index (χ1v) is 7.08. The Balaban J connectivity index is 2.61. The van der Waals surface area contributed by atoms with Gasteiger partial charge in [0.1, 0.15) is 0 Å². The summed E-state index contributed by atoms with van der Waals surface area (Å²) < 4.78 is 0. The van der Waals surface area contributed by atoms with Gasteiger partial charge in [-0.3, -0.25) is 0 Å². The molecule has 0 unspecified atom stereocenters. The van der Waals surface area contributed by atoms with Crippen LogP contribution in [0.4, 0.5) is 4.79 Å². The predicted octanol–water partition coefficient (Wildman–Crippen LogP) is 3.35. The molecule has 0 aliphatic carbocycles. The average molecular weight is 240 g/mol. The van der Waals surface area contributed by atoms with E-state index in [2.05, 4.69) is 32.6 Å². The summed E-state index contributed by atoms with van der Waals surface area (Å²) in [5.41, 5.74) is 0. The van der Waals surface area contributed by atoms with E-state index in [1.54, 1.807) is 0 Å². The molecule has 1 aliphatic heterocycles. The summed E-state index contributed by atoms with van der Waals surface area (Å²) in [6.07, 6.45) is 4.88. The third-order valence-electron chi connectivity index (χ3n) is 3.31. The van der Waals surface area contributed by atoms with Crippen molar-refractivity contribution >= 4 is 6.03 Å². The molecule has 0 bridgehead atoms. The minimum absolute atomic E-state index is 0.246. The van der Waals surface area contributed by atoms with E-state index in [1.165, 1.54) is 25.7 Å². The summed E-state index contributed by atoms with van der Waals surface area (Å²) in [6, 6.07) is 0.545. The van der Waals surface area contributed by atoms with E-state index in [9.17, 15) is 4.79 Å². The lowest BCUT2D eigenvalue weighted by molar-refractivity contribution is 0.134. The van der Waals surface area contributed by atoms with Crippen molar-refractivity contribution < 1.29 is 4.79 Å².